The molecular formula is C11H21NO5. The third-order valence-electron chi connectivity index (χ3n) is 2.29. The SMILES string of the molecule is CC(C)(C)OC(=O)N1C[C@H](CO)O[C@@H](CO)C1. The van der Waals surface area contributed by atoms with E-state index in [1.54, 1.807) is 20.8 Å². The van der Waals surface area contributed by atoms with Gasteiger partial charge in [0, 0.05) is 0 Å². The predicted molar refractivity (Wildman–Crippen MR) is 60.6 cm³/mol. The number of carbonyl (C=O) groups excluding carboxylic acids is 1. The molecule has 1 rings (SSSR count). The third kappa shape index (κ3) is 4.49. The van der Waals surface area contributed by atoms with Crippen molar-refractivity contribution >= 4 is 6.09 Å². The fourth-order valence-electron chi connectivity index (χ4n) is 1.60. The van der Waals surface area contributed by atoms with Crippen LogP contribution >= 0.6 is 0 Å². The quantitative estimate of drug-likeness (QED) is 0.716. The highest BCUT2D eigenvalue weighted by atomic mass is 16.6. The summed E-state index contributed by atoms with van der Waals surface area (Å²) in [6.45, 7) is 5.56. The van der Waals surface area contributed by atoms with Gasteiger partial charge in [-0.2, -0.15) is 0 Å². The minimum atomic E-state index is -0.557. The van der Waals surface area contributed by atoms with Crippen molar-refractivity contribution in [1.29, 1.82) is 0 Å². The molecule has 17 heavy (non-hydrogen) atoms. The summed E-state index contributed by atoms with van der Waals surface area (Å²) < 4.78 is 10.6. The molecule has 6 nitrogen and oxygen atoms in total. The highest BCUT2D eigenvalue weighted by Gasteiger charge is 2.32. The molecule has 1 fully saturated rings. The zero-order valence-corrected chi connectivity index (χ0v) is 10.5. The van der Waals surface area contributed by atoms with Crippen LogP contribution in [0.2, 0.25) is 0 Å². The van der Waals surface area contributed by atoms with Gasteiger partial charge in [0.2, 0.25) is 0 Å². The highest BCUT2D eigenvalue weighted by Crippen LogP contribution is 2.15. The van der Waals surface area contributed by atoms with Gasteiger partial charge in [0.25, 0.3) is 0 Å². The van der Waals surface area contributed by atoms with E-state index in [-0.39, 0.29) is 26.3 Å². The standard InChI is InChI=1S/C11H21NO5/c1-11(2,3)17-10(15)12-4-8(6-13)16-9(5-12)7-14/h8-9,13-14H,4-7H2,1-3H3/t8-,9-/m1/s1. The second-order valence-corrected chi connectivity index (χ2v) is 5.13. The van der Waals surface area contributed by atoms with Crippen LogP contribution in [0.3, 0.4) is 0 Å². The van der Waals surface area contributed by atoms with Gasteiger partial charge in [-0.3, -0.25) is 0 Å². The largest absolute Gasteiger partial charge is 0.444 e. The molecule has 0 aromatic carbocycles. The fraction of sp³-hybridized carbons (Fsp3) is 0.909. The number of hydrogen-bond acceptors (Lipinski definition) is 5. The van der Waals surface area contributed by atoms with E-state index < -0.39 is 23.9 Å². The molecule has 0 aliphatic carbocycles. The molecule has 0 radical (unpaired) electrons. The van der Waals surface area contributed by atoms with Gasteiger partial charge in [0.15, 0.2) is 0 Å². The van der Waals surface area contributed by atoms with E-state index in [4.69, 9.17) is 19.7 Å². The Kier molecular flexibility index (Phi) is 4.73. The molecular weight excluding hydrogens is 226 g/mol. The van der Waals surface area contributed by atoms with Gasteiger partial charge in [-0.25, -0.2) is 4.79 Å². The molecule has 0 spiro atoms. The maximum Gasteiger partial charge on any atom is 0.410 e. The summed E-state index contributed by atoms with van der Waals surface area (Å²) in [4.78, 5) is 13.3. The molecule has 1 saturated heterocycles. The Balaban J connectivity index is 2.59. The fourth-order valence-corrected chi connectivity index (χ4v) is 1.60. The summed E-state index contributed by atoms with van der Waals surface area (Å²) >= 11 is 0. The number of aliphatic hydroxyl groups is 2. The average molecular weight is 247 g/mol. The number of aliphatic hydroxyl groups excluding tert-OH is 2. The van der Waals surface area contributed by atoms with Crippen molar-refractivity contribution in [2.24, 2.45) is 0 Å². The third-order valence-corrected chi connectivity index (χ3v) is 2.29. The number of nitrogens with zero attached hydrogens (tertiary/aromatic N) is 1. The van der Waals surface area contributed by atoms with Crippen LogP contribution in [0, 0.1) is 0 Å². The summed E-state index contributed by atoms with van der Waals surface area (Å²) in [6.07, 6.45) is -1.38. The summed E-state index contributed by atoms with van der Waals surface area (Å²) in [7, 11) is 0. The Labute approximate surface area is 101 Å². The zero-order chi connectivity index (χ0) is 13.1. The first-order valence-electron chi connectivity index (χ1n) is 5.71. The molecule has 0 saturated carbocycles. The molecule has 0 unspecified atom stereocenters. The molecule has 100 valence electrons. The first-order chi connectivity index (χ1) is 7.85. The molecule has 6 heteroatoms. The Morgan fingerprint density at radius 1 is 1.29 bits per heavy atom. The molecule has 1 aliphatic rings. The van der Waals surface area contributed by atoms with Gasteiger partial charge in [-0.15, -0.1) is 0 Å². The summed E-state index contributed by atoms with van der Waals surface area (Å²) in [5, 5.41) is 18.1. The van der Waals surface area contributed by atoms with Crippen LogP contribution in [0.4, 0.5) is 4.79 Å². The van der Waals surface area contributed by atoms with Crippen molar-refractivity contribution in [2.45, 2.75) is 38.6 Å². The Morgan fingerprint density at radius 3 is 2.12 bits per heavy atom. The van der Waals surface area contributed by atoms with Crippen LogP contribution in [-0.4, -0.2) is 65.3 Å². The Hall–Kier alpha value is -0.850. The van der Waals surface area contributed by atoms with E-state index in [1.807, 2.05) is 0 Å². The van der Waals surface area contributed by atoms with Crippen molar-refractivity contribution in [3.63, 3.8) is 0 Å². The molecule has 2 N–H and O–H groups in total. The summed E-state index contributed by atoms with van der Waals surface area (Å²) in [5.41, 5.74) is -0.557. The van der Waals surface area contributed by atoms with Gasteiger partial charge in [0.05, 0.1) is 38.5 Å². The number of morpholine rings is 1. The second kappa shape index (κ2) is 5.66. The molecule has 0 aromatic heterocycles. The number of amides is 1. The smallest absolute Gasteiger partial charge is 0.410 e. The van der Waals surface area contributed by atoms with E-state index >= 15 is 0 Å². The monoisotopic (exact) mass is 247 g/mol. The van der Waals surface area contributed by atoms with E-state index in [1.165, 1.54) is 4.90 Å². The van der Waals surface area contributed by atoms with Crippen molar-refractivity contribution in [2.75, 3.05) is 26.3 Å². The van der Waals surface area contributed by atoms with E-state index in [9.17, 15) is 4.79 Å². The van der Waals surface area contributed by atoms with Crippen LogP contribution in [0.1, 0.15) is 20.8 Å². The van der Waals surface area contributed by atoms with Crippen LogP contribution in [-0.2, 0) is 9.47 Å². The topological polar surface area (TPSA) is 79.2 Å². The highest BCUT2D eigenvalue weighted by molar-refractivity contribution is 5.68. The first kappa shape index (κ1) is 14.2. The van der Waals surface area contributed by atoms with Crippen molar-refractivity contribution < 1.29 is 24.5 Å². The molecule has 1 aliphatic heterocycles. The molecule has 0 bridgehead atoms. The second-order valence-electron chi connectivity index (χ2n) is 5.13. The molecule has 0 aromatic rings. The van der Waals surface area contributed by atoms with Crippen LogP contribution in [0.5, 0.6) is 0 Å². The van der Waals surface area contributed by atoms with E-state index in [0.717, 1.165) is 0 Å². The van der Waals surface area contributed by atoms with Gasteiger partial charge in [0.1, 0.15) is 5.60 Å². The molecule has 1 amide bonds. The van der Waals surface area contributed by atoms with Gasteiger partial charge in [-0.05, 0) is 20.8 Å². The normalized spacial score (nSPS) is 25.8. The lowest BCUT2D eigenvalue weighted by Crippen LogP contribution is -2.53. The minimum Gasteiger partial charge on any atom is -0.444 e. The zero-order valence-electron chi connectivity index (χ0n) is 10.5. The maximum absolute atomic E-state index is 11.8. The Morgan fingerprint density at radius 2 is 1.76 bits per heavy atom. The number of carbonyl (C=O) groups is 1. The molecule has 1 heterocycles. The summed E-state index contributed by atoms with van der Waals surface area (Å²) in [6, 6.07) is 0. The average Bonchev–Trinajstić information content (AvgIpc) is 2.26. The van der Waals surface area contributed by atoms with Crippen molar-refractivity contribution in [1.82, 2.24) is 4.90 Å². The van der Waals surface area contributed by atoms with E-state index in [0.29, 0.717) is 0 Å². The van der Waals surface area contributed by atoms with E-state index in [2.05, 4.69) is 0 Å². The maximum atomic E-state index is 11.8. The Bertz CT molecular complexity index is 251. The van der Waals surface area contributed by atoms with Crippen LogP contribution < -0.4 is 0 Å². The molecule has 2 atom stereocenters. The summed E-state index contributed by atoms with van der Waals surface area (Å²) in [5.74, 6) is 0. The lowest BCUT2D eigenvalue weighted by atomic mass is 10.2. The number of hydrogen-bond donors (Lipinski definition) is 2. The van der Waals surface area contributed by atoms with Gasteiger partial charge in [-0.1, -0.05) is 0 Å². The van der Waals surface area contributed by atoms with Crippen LogP contribution in [0.15, 0.2) is 0 Å². The van der Waals surface area contributed by atoms with Gasteiger partial charge < -0.3 is 24.6 Å². The van der Waals surface area contributed by atoms with Crippen molar-refractivity contribution in [3.8, 4) is 0 Å². The first-order valence-corrected chi connectivity index (χ1v) is 5.71. The van der Waals surface area contributed by atoms with Gasteiger partial charge >= 0.3 is 6.09 Å². The predicted octanol–water partition coefficient (Wildman–Crippen LogP) is -0.0245. The number of ether oxygens (including phenoxy) is 2. The lowest BCUT2D eigenvalue weighted by Gasteiger charge is -2.37. The minimum absolute atomic E-state index is 0.185. The number of rotatable bonds is 2. The van der Waals surface area contributed by atoms with Crippen molar-refractivity contribution in [3.05, 3.63) is 0 Å². The van der Waals surface area contributed by atoms with Crippen LogP contribution in [0.25, 0.3) is 0 Å². The lowest BCUT2D eigenvalue weighted by molar-refractivity contribution is -0.116.